The molecule has 4 aromatic rings. The van der Waals surface area contributed by atoms with Crippen LogP contribution in [0.1, 0.15) is 32.1 Å². The number of rotatable bonds is 5. The Balaban J connectivity index is 1.74. The van der Waals surface area contributed by atoms with Gasteiger partial charge in [-0.1, -0.05) is 66.2 Å². The minimum absolute atomic E-state index is 0.105. The van der Waals surface area contributed by atoms with Crippen molar-refractivity contribution < 1.29 is 22.8 Å². The third-order valence-corrected chi connectivity index (χ3v) is 5.09. The van der Waals surface area contributed by atoms with Crippen molar-refractivity contribution in [2.24, 2.45) is 0 Å². The molecule has 0 saturated heterocycles. The van der Waals surface area contributed by atoms with E-state index in [1.54, 1.807) is 54.6 Å². The molecule has 0 unspecified atom stereocenters. The fraction of sp³-hybridized carbons (Fsp3) is 0.0417. The monoisotopic (exact) mass is 469 g/mol. The lowest BCUT2D eigenvalue weighted by atomic mass is 10.0. The van der Waals surface area contributed by atoms with E-state index in [9.17, 15) is 22.8 Å². The smallest absolute Gasteiger partial charge is 0.320 e. The Hall–Kier alpha value is -3.91. The van der Waals surface area contributed by atoms with Crippen LogP contribution in [0.3, 0.4) is 0 Å². The van der Waals surface area contributed by atoms with Gasteiger partial charge in [0.1, 0.15) is 5.69 Å². The van der Waals surface area contributed by atoms with Crippen molar-refractivity contribution in [2.75, 3.05) is 5.32 Å². The molecule has 0 bridgehead atoms. The van der Waals surface area contributed by atoms with Crippen LogP contribution in [-0.2, 0) is 6.18 Å². The van der Waals surface area contributed by atoms with Gasteiger partial charge in [-0.15, -0.1) is 0 Å². The zero-order valence-electron chi connectivity index (χ0n) is 16.8. The number of hydrogen-bond acceptors (Lipinski definition) is 3. The molecule has 0 spiro atoms. The predicted octanol–water partition coefficient (Wildman–Crippen LogP) is 6.03. The first-order valence-corrected chi connectivity index (χ1v) is 10.1. The van der Waals surface area contributed by atoms with Crippen LogP contribution in [0.15, 0.2) is 84.9 Å². The summed E-state index contributed by atoms with van der Waals surface area (Å²) in [6.45, 7) is 0. The van der Waals surface area contributed by atoms with E-state index in [4.69, 9.17) is 11.6 Å². The van der Waals surface area contributed by atoms with Crippen molar-refractivity contribution in [3.63, 3.8) is 0 Å². The highest BCUT2D eigenvalue weighted by Gasteiger charge is 2.36. The Bertz CT molecular complexity index is 1330. The molecular formula is C24H15ClF3N3O2. The van der Waals surface area contributed by atoms with Crippen molar-refractivity contribution in [3.8, 4) is 5.69 Å². The lowest BCUT2D eigenvalue weighted by Crippen LogP contribution is -2.19. The molecular weight excluding hydrogens is 455 g/mol. The minimum Gasteiger partial charge on any atom is -0.320 e. The average Bonchev–Trinajstić information content (AvgIpc) is 3.26. The molecule has 1 aromatic heterocycles. The molecule has 1 amide bonds. The van der Waals surface area contributed by atoms with Gasteiger partial charge in [0.25, 0.3) is 5.91 Å². The number of para-hydroxylation sites is 2. The fourth-order valence-electron chi connectivity index (χ4n) is 3.21. The van der Waals surface area contributed by atoms with E-state index in [2.05, 4.69) is 10.4 Å². The maximum atomic E-state index is 13.4. The summed E-state index contributed by atoms with van der Waals surface area (Å²) in [4.78, 5) is 26.0. The summed E-state index contributed by atoms with van der Waals surface area (Å²) in [5.41, 5.74) is -0.791. The van der Waals surface area contributed by atoms with Crippen LogP contribution >= 0.6 is 11.6 Å². The third-order valence-electron chi connectivity index (χ3n) is 4.77. The zero-order chi connectivity index (χ0) is 23.6. The second kappa shape index (κ2) is 8.91. The molecule has 5 nitrogen and oxygen atoms in total. The Morgan fingerprint density at radius 3 is 2.21 bits per heavy atom. The summed E-state index contributed by atoms with van der Waals surface area (Å²) < 4.78 is 40.9. The van der Waals surface area contributed by atoms with Gasteiger partial charge in [0, 0.05) is 17.2 Å². The number of nitrogens with zero attached hydrogens (tertiary/aromatic N) is 2. The molecule has 0 aliphatic heterocycles. The normalized spacial score (nSPS) is 11.3. The van der Waals surface area contributed by atoms with Crippen LogP contribution in [0.4, 0.5) is 18.9 Å². The maximum Gasteiger partial charge on any atom is 0.435 e. The summed E-state index contributed by atoms with van der Waals surface area (Å²) in [6, 6.07) is 21.4. The van der Waals surface area contributed by atoms with E-state index < -0.39 is 23.5 Å². The van der Waals surface area contributed by atoms with Crippen molar-refractivity contribution in [3.05, 3.63) is 112 Å². The van der Waals surface area contributed by atoms with Gasteiger partial charge in [0.15, 0.2) is 11.5 Å². The number of carbonyl (C=O) groups excluding carboxylic acids is 2. The third kappa shape index (κ3) is 4.65. The quantitative estimate of drug-likeness (QED) is 0.363. The first-order valence-electron chi connectivity index (χ1n) is 9.68. The molecule has 33 heavy (non-hydrogen) atoms. The summed E-state index contributed by atoms with van der Waals surface area (Å²) in [7, 11) is 0. The summed E-state index contributed by atoms with van der Waals surface area (Å²) in [6.07, 6.45) is -4.78. The fourth-order valence-corrected chi connectivity index (χ4v) is 3.43. The van der Waals surface area contributed by atoms with Gasteiger partial charge in [-0.05, 0) is 24.3 Å². The zero-order valence-corrected chi connectivity index (χ0v) is 17.6. The van der Waals surface area contributed by atoms with Crippen LogP contribution in [0.25, 0.3) is 5.69 Å². The topological polar surface area (TPSA) is 64.0 Å². The van der Waals surface area contributed by atoms with E-state index in [-0.39, 0.29) is 27.7 Å². The number of ketones is 1. The molecule has 0 fully saturated rings. The molecule has 0 radical (unpaired) electrons. The van der Waals surface area contributed by atoms with Gasteiger partial charge < -0.3 is 5.32 Å². The molecule has 0 aliphatic carbocycles. The van der Waals surface area contributed by atoms with E-state index in [1.807, 2.05) is 0 Å². The van der Waals surface area contributed by atoms with Gasteiger partial charge in [-0.2, -0.15) is 18.3 Å². The Morgan fingerprint density at radius 2 is 1.52 bits per heavy atom. The second-order valence-corrected chi connectivity index (χ2v) is 7.38. The standard InChI is InChI=1S/C24H15ClF3N3O2/c25-17-11-5-7-13-19(17)31-20(14-21(30-31)24(26,27)28)23(33)29-18-12-6-4-10-16(18)22(32)15-8-2-1-3-9-15/h1-14H,(H,29,33). The number of nitrogens with one attached hydrogen (secondary N) is 1. The lowest BCUT2D eigenvalue weighted by molar-refractivity contribution is -0.141. The molecule has 4 rings (SSSR count). The Labute approximate surface area is 191 Å². The molecule has 1 N–H and O–H groups in total. The van der Waals surface area contributed by atoms with E-state index in [0.717, 1.165) is 4.68 Å². The Morgan fingerprint density at radius 1 is 0.879 bits per heavy atom. The van der Waals surface area contributed by atoms with Crippen molar-refractivity contribution in [1.82, 2.24) is 9.78 Å². The maximum absolute atomic E-state index is 13.4. The highest BCUT2D eigenvalue weighted by atomic mass is 35.5. The molecule has 166 valence electrons. The van der Waals surface area contributed by atoms with Crippen LogP contribution < -0.4 is 5.32 Å². The SMILES string of the molecule is O=C(c1ccccc1)c1ccccc1NC(=O)c1cc(C(F)(F)F)nn1-c1ccccc1Cl. The number of halogens is 4. The summed E-state index contributed by atoms with van der Waals surface area (Å²) in [5, 5.41) is 6.21. The minimum atomic E-state index is -4.78. The average molecular weight is 470 g/mol. The Kier molecular flexibility index (Phi) is 6.02. The first kappa shape index (κ1) is 22.3. The second-order valence-electron chi connectivity index (χ2n) is 6.97. The first-order chi connectivity index (χ1) is 15.8. The molecule has 0 saturated carbocycles. The highest BCUT2D eigenvalue weighted by molar-refractivity contribution is 6.32. The summed E-state index contributed by atoms with van der Waals surface area (Å²) in [5.74, 6) is -1.23. The molecule has 1 heterocycles. The lowest BCUT2D eigenvalue weighted by Gasteiger charge is -2.12. The van der Waals surface area contributed by atoms with Crippen LogP contribution in [0.2, 0.25) is 5.02 Å². The van der Waals surface area contributed by atoms with Gasteiger partial charge in [0.05, 0.1) is 16.4 Å². The van der Waals surface area contributed by atoms with Gasteiger partial charge in [0.2, 0.25) is 0 Å². The predicted molar refractivity (Wildman–Crippen MR) is 118 cm³/mol. The van der Waals surface area contributed by atoms with Crippen molar-refractivity contribution >= 4 is 29.0 Å². The largest absolute Gasteiger partial charge is 0.435 e. The molecule has 0 aliphatic rings. The van der Waals surface area contributed by atoms with Gasteiger partial charge in [-0.25, -0.2) is 4.68 Å². The molecule has 3 aromatic carbocycles. The van der Waals surface area contributed by atoms with E-state index in [1.165, 1.54) is 24.3 Å². The number of aromatic nitrogens is 2. The number of anilines is 1. The molecule has 0 atom stereocenters. The highest BCUT2D eigenvalue weighted by Crippen LogP contribution is 2.31. The van der Waals surface area contributed by atoms with Gasteiger partial charge in [-0.3, -0.25) is 9.59 Å². The van der Waals surface area contributed by atoms with Crippen LogP contribution in [-0.4, -0.2) is 21.5 Å². The van der Waals surface area contributed by atoms with Gasteiger partial charge >= 0.3 is 6.18 Å². The van der Waals surface area contributed by atoms with Crippen LogP contribution in [0.5, 0.6) is 0 Å². The number of amides is 1. The number of benzene rings is 3. The summed E-state index contributed by atoms with van der Waals surface area (Å²) >= 11 is 6.14. The number of carbonyl (C=O) groups is 2. The molecule has 9 heteroatoms. The number of alkyl halides is 3. The van der Waals surface area contributed by atoms with Crippen molar-refractivity contribution in [2.45, 2.75) is 6.18 Å². The van der Waals surface area contributed by atoms with Crippen molar-refractivity contribution in [1.29, 1.82) is 0 Å². The van der Waals surface area contributed by atoms with Crippen LogP contribution in [0, 0.1) is 0 Å². The van der Waals surface area contributed by atoms with E-state index in [0.29, 0.717) is 11.6 Å². The van der Waals surface area contributed by atoms with E-state index >= 15 is 0 Å². The number of hydrogen-bond donors (Lipinski definition) is 1.